The van der Waals surface area contributed by atoms with Crippen LogP contribution in [0.3, 0.4) is 0 Å². The summed E-state index contributed by atoms with van der Waals surface area (Å²) in [6.45, 7) is 3.97. The number of fused-ring (bicyclic) bond motifs is 1. The standard InChI is InChI=1S/C14H13F3N4O/c1-8-5-19-21-9(2)7-20(13(22)12(8)21)11-4-3-10(6-18-11)14(15,16)17/h3-6,9H,7H2,1-2H3. The number of anilines is 1. The highest BCUT2D eigenvalue weighted by Crippen LogP contribution is 2.31. The quantitative estimate of drug-likeness (QED) is 0.814. The highest BCUT2D eigenvalue weighted by molar-refractivity contribution is 6.06. The Hall–Kier alpha value is -2.38. The zero-order valence-corrected chi connectivity index (χ0v) is 11.9. The molecule has 1 aliphatic heterocycles. The summed E-state index contributed by atoms with van der Waals surface area (Å²) in [5.74, 6) is -0.0999. The normalized spacial score (nSPS) is 18.5. The lowest BCUT2D eigenvalue weighted by Gasteiger charge is -2.31. The molecule has 0 bridgehead atoms. The second kappa shape index (κ2) is 4.82. The number of aryl methyl sites for hydroxylation is 1. The Kier molecular flexibility index (Phi) is 3.19. The summed E-state index contributed by atoms with van der Waals surface area (Å²) in [7, 11) is 0. The van der Waals surface area contributed by atoms with Gasteiger partial charge in [-0.15, -0.1) is 0 Å². The fourth-order valence-electron chi connectivity index (χ4n) is 2.51. The van der Waals surface area contributed by atoms with Gasteiger partial charge in [-0.05, 0) is 26.0 Å². The predicted octanol–water partition coefficient (Wildman–Crippen LogP) is 2.83. The first-order chi connectivity index (χ1) is 10.3. The van der Waals surface area contributed by atoms with Crippen LogP contribution < -0.4 is 4.90 Å². The van der Waals surface area contributed by atoms with Gasteiger partial charge >= 0.3 is 6.18 Å². The van der Waals surface area contributed by atoms with E-state index in [0.717, 1.165) is 17.8 Å². The molecule has 0 saturated carbocycles. The van der Waals surface area contributed by atoms with Gasteiger partial charge in [0.2, 0.25) is 0 Å². The number of aromatic nitrogens is 3. The van der Waals surface area contributed by atoms with Crippen LogP contribution >= 0.6 is 0 Å². The van der Waals surface area contributed by atoms with Crippen LogP contribution in [0, 0.1) is 6.92 Å². The summed E-state index contributed by atoms with van der Waals surface area (Å²) in [5.41, 5.74) is 0.337. The molecule has 1 atom stereocenters. The monoisotopic (exact) mass is 310 g/mol. The number of carbonyl (C=O) groups is 1. The van der Waals surface area contributed by atoms with Crippen LogP contribution in [0.25, 0.3) is 0 Å². The Balaban J connectivity index is 1.96. The van der Waals surface area contributed by atoms with E-state index in [-0.39, 0.29) is 17.8 Å². The first-order valence-electron chi connectivity index (χ1n) is 6.68. The molecule has 2 aromatic rings. The number of pyridine rings is 1. The third-order valence-corrected chi connectivity index (χ3v) is 3.64. The third-order valence-electron chi connectivity index (χ3n) is 3.64. The summed E-state index contributed by atoms with van der Waals surface area (Å²) >= 11 is 0. The van der Waals surface area contributed by atoms with Crippen molar-refractivity contribution in [1.82, 2.24) is 14.8 Å². The first kappa shape index (κ1) is 14.6. The number of alkyl halides is 3. The van der Waals surface area contributed by atoms with Crippen LogP contribution in [-0.4, -0.2) is 27.2 Å². The number of carbonyl (C=O) groups excluding carboxylic acids is 1. The molecule has 8 heteroatoms. The molecule has 0 aliphatic carbocycles. The molecule has 3 rings (SSSR count). The minimum atomic E-state index is -4.44. The Bertz CT molecular complexity index is 721. The second-order valence-electron chi connectivity index (χ2n) is 5.29. The highest BCUT2D eigenvalue weighted by atomic mass is 19.4. The summed E-state index contributed by atoms with van der Waals surface area (Å²) < 4.78 is 39.4. The van der Waals surface area contributed by atoms with Crippen molar-refractivity contribution in [2.45, 2.75) is 26.1 Å². The van der Waals surface area contributed by atoms with E-state index in [4.69, 9.17) is 0 Å². The van der Waals surface area contributed by atoms with E-state index in [9.17, 15) is 18.0 Å². The third kappa shape index (κ3) is 2.24. The molecular weight excluding hydrogens is 297 g/mol. The van der Waals surface area contributed by atoms with Crippen LogP contribution in [-0.2, 0) is 6.18 Å². The van der Waals surface area contributed by atoms with Gasteiger partial charge < -0.3 is 0 Å². The number of hydrogen-bond donors (Lipinski definition) is 0. The molecular formula is C14H13F3N4O. The van der Waals surface area contributed by atoms with Gasteiger partial charge in [-0.25, -0.2) is 4.98 Å². The van der Waals surface area contributed by atoms with Crippen molar-refractivity contribution in [3.05, 3.63) is 41.3 Å². The van der Waals surface area contributed by atoms with Gasteiger partial charge in [0.15, 0.2) is 0 Å². The van der Waals surface area contributed by atoms with E-state index in [1.165, 1.54) is 11.0 Å². The van der Waals surface area contributed by atoms with Crippen molar-refractivity contribution in [2.24, 2.45) is 0 Å². The van der Waals surface area contributed by atoms with Gasteiger partial charge in [0.25, 0.3) is 5.91 Å². The summed E-state index contributed by atoms with van der Waals surface area (Å²) in [5, 5.41) is 4.16. The molecule has 116 valence electrons. The molecule has 5 nitrogen and oxygen atoms in total. The molecule has 0 N–H and O–H groups in total. The van der Waals surface area contributed by atoms with E-state index in [1.54, 1.807) is 17.8 Å². The molecule has 1 aliphatic rings. The fourth-order valence-corrected chi connectivity index (χ4v) is 2.51. The maximum absolute atomic E-state index is 12.6. The Morgan fingerprint density at radius 2 is 2.00 bits per heavy atom. The predicted molar refractivity (Wildman–Crippen MR) is 72.6 cm³/mol. The minimum absolute atomic E-state index is 0.0782. The van der Waals surface area contributed by atoms with Gasteiger partial charge in [0.1, 0.15) is 11.5 Å². The van der Waals surface area contributed by atoms with E-state index < -0.39 is 11.7 Å². The van der Waals surface area contributed by atoms with Gasteiger partial charge in [0, 0.05) is 18.3 Å². The molecule has 22 heavy (non-hydrogen) atoms. The number of rotatable bonds is 1. The molecule has 0 saturated heterocycles. The SMILES string of the molecule is Cc1cnn2c1C(=O)N(c1ccc(C(F)(F)F)cn1)CC2C. The molecule has 1 unspecified atom stereocenters. The van der Waals surface area contributed by atoms with E-state index in [2.05, 4.69) is 10.1 Å². The largest absolute Gasteiger partial charge is 0.417 e. The topological polar surface area (TPSA) is 51.0 Å². The van der Waals surface area contributed by atoms with Crippen molar-refractivity contribution in [3.8, 4) is 0 Å². The molecule has 0 aromatic carbocycles. The Labute approximate surface area is 124 Å². The summed E-state index contributed by atoms with van der Waals surface area (Å²) in [4.78, 5) is 17.7. The van der Waals surface area contributed by atoms with E-state index in [0.29, 0.717) is 12.2 Å². The smallest absolute Gasteiger partial charge is 0.289 e. The van der Waals surface area contributed by atoms with Crippen molar-refractivity contribution in [2.75, 3.05) is 11.4 Å². The van der Waals surface area contributed by atoms with Gasteiger partial charge in [-0.3, -0.25) is 14.4 Å². The number of nitrogens with zero attached hydrogens (tertiary/aromatic N) is 4. The maximum Gasteiger partial charge on any atom is 0.417 e. The Morgan fingerprint density at radius 3 is 2.59 bits per heavy atom. The number of halogens is 3. The van der Waals surface area contributed by atoms with Gasteiger partial charge in [-0.2, -0.15) is 18.3 Å². The average Bonchev–Trinajstić information content (AvgIpc) is 2.85. The average molecular weight is 310 g/mol. The van der Waals surface area contributed by atoms with Gasteiger partial charge in [-0.1, -0.05) is 0 Å². The Morgan fingerprint density at radius 1 is 1.27 bits per heavy atom. The minimum Gasteiger partial charge on any atom is -0.289 e. The lowest BCUT2D eigenvalue weighted by atomic mass is 10.1. The van der Waals surface area contributed by atoms with Crippen LogP contribution in [0.2, 0.25) is 0 Å². The van der Waals surface area contributed by atoms with E-state index >= 15 is 0 Å². The molecule has 1 amide bonds. The lowest BCUT2D eigenvalue weighted by molar-refractivity contribution is -0.137. The molecule has 2 aromatic heterocycles. The van der Waals surface area contributed by atoms with Crippen LogP contribution in [0.4, 0.5) is 19.0 Å². The molecule has 0 fully saturated rings. The van der Waals surface area contributed by atoms with Crippen molar-refractivity contribution in [3.63, 3.8) is 0 Å². The molecule has 0 spiro atoms. The number of hydrogen-bond acceptors (Lipinski definition) is 3. The lowest BCUT2D eigenvalue weighted by Crippen LogP contribution is -2.43. The molecule has 3 heterocycles. The fraction of sp³-hybridized carbons (Fsp3) is 0.357. The van der Waals surface area contributed by atoms with Gasteiger partial charge in [0.05, 0.1) is 17.8 Å². The van der Waals surface area contributed by atoms with Crippen LogP contribution in [0.15, 0.2) is 24.5 Å². The van der Waals surface area contributed by atoms with E-state index in [1.807, 2.05) is 6.92 Å². The second-order valence-corrected chi connectivity index (χ2v) is 5.29. The zero-order chi connectivity index (χ0) is 16.1. The van der Waals surface area contributed by atoms with Crippen molar-refractivity contribution >= 4 is 11.7 Å². The molecule has 0 radical (unpaired) electrons. The van der Waals surface area contributed by atoms with Crippen molar-refractivity contribution in [1.29, 1.82) is 0 Å². The summed E-state index contributed by atoms with van der Waals surface area (Å²) in [6, 6.07) is 2.07. The van der Waals surface area contributed by atoms with Crippen LogP contribution in [0.5, 0.6) is 0 Å². The zero-order valence-electron chi connectivity index (χ0n) is 11.9. The summed E-state index contributed by atoms with van der Waals surface area (Å²) in [6.07, 6.45) is -2.10. The van der Waals surface area contributed by atoms with Crippen molar-refractivity contribution < 1.29 is 18.0 Å². The maximum atomic E-state index is 12.6. The highest BCUT2D eigenvalue weighted by Gasteiger charge is 2.34. The first-order valence-corrected chi connectivity index (χ1v) is 6.68. The van der Waals surface area contributed by atoms with Crippen LogP contribution in [0.1, 0.15) is 34.6 Å². The number of amides is 1.